The van der Waals surface area contributed by atoms with Crippen molar-refractivity contribution in [1.82, 2.24) is 10.2 Å². The molecule has 4 heteroatoms. The Morgan fingerprint density at radius 1 is 1.30 bits per heavy atom. The van der Waals surface area contributed by atoms with Gasteiger partial charge in [0.2, 0.25) is 5.91 Å². The Labute approximate surface area is 124 Å². The number of carbonyl (C=O) groups excluding carboxylic acids is 1. The van der Waals surface area contributed by atoms with Crippen LogP contribution in [0.25, 0.3) is 0 Å². The molecule has 118 valence electrons. The maximum atomic E-state index is 12.3. The maximum Gasteiger partial charge on any atom is 0.225 e. The summed E-state index contributed by atoms with van der Waals surface area (Å²) in [4.78, 5) is 14.2. The summed E-state index contributed by atoms with van der Waals surface area (Å²) in [6.45, 7) is 7.23. The van der Waals surface area contributed by atoms with Gasteiger partial charge in [-0.05, 0) is 52.5 Å². The summed E-state index contributed by atoms with van der Waals surface area (Å²) in [5.41, 5.74) is -0.370. The van der Waals surface area contributed by atoms with E-state index in [1.165, 1.54) is 19.3 Å². The normalized spacial score (nSPS) is 23.6. The largest absolute Gasteiger partial charge is 0.378 e. The topological polar surface area (TPSA) is 41.6 Å². The Morgan fingerprint density at radius 2 is 1.90 bits per heavy atom. The van der Waals surface area contributed by atoms with Crippen molar-refractivity contribution < 1.29 is 9.53 Å². The number of nitrogens with zero attached hydrogens (tertiary/aromatic N) is 1. The smallest absolute Gasteiger partial charge is 0.225 e. The Kier molecular flexibility index (Phi) is 6.96. The van der Waals surface area contributed by atoms with Gasteiger partial charge in [-0.25, -0.2) is 0 Å². The van der Waals surface area contributed by atoms with E-state index in [0.717, 1.165) is 19.4 Å². The third-order valence-corrected chi connectivity index (χ3v) is 4.45. The van der Waals surface area contributed by atoms with Gasteiger partial charge in [0.25, 0.3) is 0 Å². The summed E-state index contributed by atoms with van der Waals surface area (Å²) >= 11 is 0. The number of carbonyl (C=O) groups is 1. The molecular weight excluding hydrogens is 252 g/mol. The highest BCUT2D eigenvalue weighted by Gasteiger charge is 2.29. The highest BCUT2D eigenvalue weighted by Crippen LogP contribution is 2.24. The van der Waals surface area contributed by atoms with Gasteiger partial charge in [0.1, 0.15) is 0 Å². The van der Waals surface area contributed by atoms with E-state index in [1.807, 2.05) is 25.8 Å². The number of methoxy groups -OCH3 is 1. The molecule has 0 aliphatic heterocycles. The Morgan fingerprint density at radius 3 is 2.40 bits per heavy atom. The first kappa shape index (κ1) is 17.4. The van der Waals surface area contributed by atoms with E-state index in [0.29, 0.717) is 18.5 Å². The van der Waals surface area contributed by atoms with Crippen molar-refractivity contribution in [2.24, 2.45) is 0 Å². The number of nitrogens with one attached hydrogen (secondary N) is 1. The molecule has 0 aromatic heterocycles. The van der Waals surface area contributed by atoms with Gasteiger partial charge in [0, 0.05) is 26.2 Å². The van der Waals surface area contributed by atoms with Gasteiger partial charge in [-0.2, -0.15) is 0 Å². The molecule has 0 spiro atoms. The molecule has 0 unspecified atom stereocenters. The number of amides is 1. The monoisotopic (exact) mass is 284 g/mol. The quantitative estimate of drug-likeness (QED) is 0.781. The molecule has 1 rings (SSSR count). The SMILES string of the molecule is CCCNC1CCC(N(C)C(=O)CC(C)(C)OC)CC1. The van der Waals surface area contributed by atoms with E-state index >= 15 is 0 Å². The first-order valence-corrected chi connectivity index (χ1v) is 7.93. The molecule has 0 aromatic rings. The van der Waals surface area contributed by atoms with Crippen LogP contribution in [0.5, 0.6) is 0 Å². The highest BCUT2D eigenvalue weighted by atomic mass is 16.5. The zero-order chi connectivity index (χ0) is 15.2. The summed E-state index contributed by atoms with van der Waals surface area (Å²) in [5, 5.41) is 3.58. The second kappa shape index (κ2) is 7.99. The van der Waals surface area contributed by atoms with E-state index in [4.69, 9.17) is 4.74 Å². The lowest BCUT2D eigenvalue weighted by molar-refractivity contribution is -0.137. The molecule has 1 saturated carbocycles. The van der Waals surface area contributed by atoms with Crippen molar-refractivity contribution in [2.45, 2.75) is 77.0 Å². The van der Waals surface area contributed by atoms with Crippen LogP contribution < -0.4 is 5.32 Å². The molecular formula is C16H32N2O2. The van der Waals surface area contributed by atoms with Crippen LogP contribution in [-0.4, -0.2) is 49.2 Å². The lowest BCUT2D eigenvalue weighted by Crippen LogP contribution is -2.45. The number of hydrogen-bond acceptors (Lipinski definition) is 3. The zero-order valence-corrected chi connectivity index (χ0v) is 13.9. The molecule has 0 heterocycles. The van der Waals surface area contributed by atoms with Crippen LogP contribution in [0.3, 0.4) is 0 Å². The summed E-state index contributed by atoms with van der Waals surface area (Å²) < 4.78 is 5.35. The van der Waals surface area contributed by atoms with E-state index in [2.05, 4.69) is 12.2 Å². The van der Waals surface area contributed by atoms with Crippen LogP contribution in [0.4, 0.5) is 0 Å². The van der Waals surface area contributed by atoms with Crippen molar-refractivity contribution in [3.63, 3.8) is 0 Å². The van der Waals surface area contributed by atoms with E-state index in [9.17, 15) is 4.79 Å². The molecule has 0 bridgehead atoms. The Hall–Kier alpha value is -0.610. The van der Waals surface area contributed by atoms with Crippen molar-refractivity contribution in [1.29, 1.82) is 0 Å². The molecule has 1 amide bonds. The molecule has 20 heavy (non-hydrogen) atoms. The minimum atomic E-state index is -0.370. The summed E-state index contributed by atoms with van der Waals surface area (Å²) in [5.74, 6) is 0.196. The average molecular weight is 284 g/mol. The molecule has 1 N–H and O–H groups in total. The Balaban J connectivity index is 2.38. The predicted molar refractivity (Wildman–Crippen MR) is 82.8 cm³/mol. The van der Waals surface area contributed by atoms with Crippen LogP contribution in [0.2, 0.25) is 0 Å². The van der Waals surface area contributed by atoms with E-state index in [1.54, 1.807) is 7.11 Å². The van der Waals surface area contributed by atoms with Crippen molar-refractivity contribution in [3.8, 4) is 0 Å². The minimum Gasteiger partial charge on any atom is -0.378 e. The van der Waals surface area contributed by atoms with Gasteiger partial charge in [0.05, 0.1) is 12.0 Å². The molecule has 0 radical (unpaired) electrons. The Bertz CT molecular complexity index is 297. The van der Waals surface area contributed by atoms with Gasteiger partial charge < -0.3 is 15.0 Å². The average Bonchev–Trinajstić information content (AvgIpc) is 2.44. The van der Waals surface area contributed by atoms with E-state index in [-0.39, 0.29) is 11.5 Å². The lowest BCUT2D eigenvalue weighted by atomic mass is 9.89. The molecule has 1 aliphatic rings. The van der Waals surface area contributed by atoms with Gasteiger partial charge in [-0.3, -0.25) is 4.79 Å². The minimum absolute atomic E-state index is 0.196. The van der Waals surface area contributed by atoms with Crippen molar-refractivity contribution >= 4 is 5.91 Å². The van der Waals surface area contributed by atoms with Crippen LogP contribution in [0, 0.1) is 0 Å². The second-order valence-corrected chi connectivity index (χ2v) is 6.60. The molecule has 0 atom stereocenters. The van der Waals surface area contributed by atoms with Crippen molar-refractivity contribution in [3.05, 3.63) is 0 Å². The highest BCUT2D eigenvalue weighted by molar-refractivity contribution is 5.77. The molecule has 0 aromatic carbocycles. The van der Waals surface area contributed by atoms with Crippen LogP contribution in [0.1, 0.15) is 59.3 Å². The van der Waals surface area contributed by atoms with Gasteiger partial charge in [0.15, 0.2) is 0 Å². The number of ether oxygens (including phenoxy) is 1. The van der Waals surface area contributed by atoms with Crippen molar-refractivity contribution in [2.75, 3.05) is 20.7 Å². The van der Waals surface area contributed by atoms with Gasteiger partial charge in [-0.15, -0.1) is 0 Å². The summed E-state index contributed by atoms with van der Waals surface area (Å²) in [6, 6.07) is 1.04. The fraction of sp³-hybridized carbons (Fsp3) is 0.938. The summed E-state index contributed by atoms with van der Waals surface area (Å²) in [6.07, 6.45) is 6.21. The van der Waals surface area contributed by atoms with E-state index < -0.39 is 0 Å². The summed E-state index contributed by atoms with van der Waals surface area (Å²) in [7, 11) is 3.61. The predicted octanol–water partition coefficient (Wildman–Crippen LogP) is 2.57. The number of rotatable bonds is 7. The van der Waals surface area contributed by atoms with Gasteiger partial charge in [-0.1, -0.05) is 6.92 Å². The molecule has 1 aliphatic carbocycles. The lowest BCUT2D eigenvalue weighted by Gasteiger charge is -2.36. The van der Waals surface area contributed by atoms with Crippen LogP contribution in [-0.2, 0) is 9.53 Å². The second-order valence-electron chi connectivity index (χ2n) is 6.60. The third-order valence-electron chi connectivity index (χ3n) is 4.45. The molecule has 4 nitrogen and oxygen atoms in total. The third kappa shape index (κ3) is 5.41. The fourth-order valence-corrected chi connectivity index (χ4v) is 2.78. The fourth-order valence-electron chi connectivity index (χ4n) is 2.78. The first-order valence-electron chi connectivity index (χ1n) is 7.93. The number of hydrogen-bond donors (Lipinski definition) is 1. The molecule has 0 saturated heterocycles. The van der Waals surface area contributed by atoms with Crippen LogP contribution in [0.15, 0.2) is 0 Å². The first-order chi connectivity index (χ1) is 9.39. The van der Waals surface area contributed by atoms with Crippen LogP contribution >= 0.6 is 0 Å². The standard InChI is InChI=1S/C16H32N2O2/c1-6-11-17-13-7-9-14(10-8-13)18(4)15(19)12-16(2,3)20-5/h13-14,17H,6-12H2,1-5H3. The zero-order valence-electron chi connectivity index (χ0n) is 13.9. The van der Waals surface area contributed by atoms with Gasteiger partial charge >= 0.3 is 0 Å². The maximum absolute atomic E-state index is 12.3. The molecule has 1 fully saturated rings.